The Balaban J connectivity index is 3.68. The van der Waals surface area contributed by atoms with Crippen molar-refractivity contribution in [1.82, 2.24) is 25.0 Å². The number of hydrogen-bond acceptors (Lipinski definition) is 12. The number of rotatable bonds is 16. The van der Waals surface area contributed by atoms with Gasteiger partial charge in [-0.1, -0.05) is 0 Å². The van der Waals surface area contributed by atoms with Crippen LogP contribution < -0.4 is 40.7 Å². The lowest BCUT2D eigenvalue weighted by atomic mass is 10.4. The maximum Gasteiger partial charge on any atom is 0.0271 e. The van der Waals surface area contributed by atoms with E-state index in [1.807, 2.05) is 0 Å². The molecule has 146 valence electrons. The Kier molecular flexibility index (Phi) is 14.5. The van der Waals surface area contributed by atoms with Gasteiger partial charge in [-0.05, 0) is 0 Å². The maximum absolute atomic E-state index is 5.94. The molecule has 0 heterocycles. The fraction of sp³-hybridized carbons (Fsp3) is 1.00. The molecule has 24 heavy (non-hydrogen) atoms. The Morgan fingerprint density at radius 1 is 0.333 bits per heavy atom. The highest BCUT2D eigenvalue weighted by Crippen LogP contribution is 1.87. The van der Waals surface area contributed by atoms with Crippen LogP contribution in [0.2, 0.25) is 0 Å². The van der Waals surface area contributed by atoms with Crippen LogP contribution >= 0.6 is 0 Å². The van der Waals surface area contributed by atoms with Gasteiger partial charge in [0.25, 0.3) is 0 Å². The second kappa shape index (κ2) is 14.8. The van der Waals surface area contributed by atoms with Gasteiger partial charge in [0.1, 0.15) is 0 Å². The van der Waals surface area contributed by atoms with E-state index in [-0.39, 0.29) is 0 Å². The average molecular weight is 351 g/mol. The van der Waals surface area contributed by atoms with E-state index in [0.717, 1.165) is 0 Å². The standard InChI is InChI=1S/C12H38N12/c13-1-3-20(15)5-7-22(17)9-11-24(19)12-10-23(18)8-6-21(16)4-2-14/h1-19H2. The van der Waals surface area contributed by atoms with Gasteiger partial charge in [0.15, 0.2) is 0 Å². The fourth-order valence-corrected chi connectivity index (χ4v) is 1.92. The molecule has 0 bridgehead atoms. The van der Waals surface area contributed by atoms with Crippen LogP contribution in [-0.2, 0) is 0 Å². The molecule has 0 rings (SSSR count). The van der Waals surface area contributed by atoms with Crippen LogP contribution in [0.4, 0.5) is 0 Å². The van der Waals surface area contributed by atoms with Gasteiger partial charge in [-0.25, -0.2) is 25.0 Å². The lowest BCUT2D eigenvalue weighted by Gasteiger charge is -2.25. The summed E-state index contributed by atoms with van der Waals surface area (Å²) in [6, 6.07) is 0. The summed E-state index contributed by atoms with van der Waals surface area (Å²) < 4.78 is 0. The van der Waals surface area contributed by atoms with Gasteiger partial charge in [0, 0.05) is 78.5 Å². The van der Waals surface area contributed by atoms with Crippen LogP contribution in [0.15, 0.2) is 0 Å². The summed E-state index contributed by atoms with van der Waals surface area (Å²) in [4.78, 5) is 0. The van der Waals surface area contributed by atoms with Gasteiger partial charge in [0.2, 0.25) is 0 Å². The Morgan fingerprint density at radius 2 is 0.500 bits per heavy atom. The molecule has 0 aromatic heterocycles. The smallest absolute Gasteiger partial charge is 0.0271 e. The molecule has 0 aromatic rings. The molecule has 0 unspecified atom stereocenters. The number of hydrogen-bond donors (Lipinski definition) is 7. The minimum absolute atomic E-state index is 0.529. The molecule has 12 nitrogen and oxygen atoms in total. The molecule has 0 spiro atoms. The number of nitrogens with zero attached hydrogens (tertiary/aromatic N) is 5. The molecule has 0 saturated carbocycles. The third-order valence-corrected chi connectivity index (χ3v) is 3.53. The highest BCUT2D eigenvalue weighted by Gasteiger charge is 2.07. The SMILES string of the molecule is NCCN(N)CCN(N)CCN(N)CCN(N)CCN(N)CCN. The molecule has 0 aliphatic heterocycles. The summed E-state index contributed by atoms with van der Waals surface area (Å²) in [7, 11) is 0. The number of hydrazine groups is 5. The molecule has 0 radical (unpaired) electrons. The van der Waals surface area contributed by atoms with Crippen molar-refractivity contribution >= 4 is 0 Å². The molecule has 0 amide bonds. The Labute approximate surface area is 145 Å². The Morgan fingerprint density at radius 3 is 0.667 bits per heavy atom. The Bertz CT molecular complexity index is 255. The minimum atomic E-state index is 0.529. The lowest BCUT2D eigenvalue weighted by molar-refractivity contribution is 0.157. The molecule has 0 aromatic carbocycles. The van der Waals surface area contributed by atoms with E-state index in [9.17, 15) is 0 Å². The minimum Gasteiger partial charge on any atom is -0.329 e. The highest BCUT2D eigenvalue weighted by atomic mass is 15.5. The zero-order valence-electron chi connectivity index (χ0n) is 14.8. The van der Waals surface area contributed by atoms with Crippen LogP contribution in [0.1, 0.15) is 0 Å². The molecule has 14 N–H and O–H groups in total. The molecule has 0 fully saturated rings. The monoisotopic (exact) mass is 350 g/mol. The first-order valence-electron chi connectivity index (χ1n) is 8.27. The predicted octanol–water partition coefficient (Wildman–Crippen LogP) is -5.22. The lowest BCUT2D eigenvalue weighted by Crippen LogP contribution is -2.49. The zero-order valence-corrected chi connectivity index (χ0v) is 14.8. The second-order valence-electron chi connectivity index (χ2n) is 5.76. The summed E-state index contributed by atoms with van der Waals surface area (Å²) in [5.74, 6) is 29.2. The van der Waals surface area contributed by atoms with Gasteiger partial charge in [0.05, 0.1) is 0 Å². The molecule has 0 atom stereocenters. The molecule has 0 saturated heterocycles. The van der Waals surface area contributed by atoms with E-state index in [2.05, 4.69) is 0 Å². The molecule has 0 aliphatic rings. The summed E-state index contributed by atoms with van der Waals surface area (Å²) in [6.45, 7) is 7.55. The van der Waals surface area contributed by atoms with E-state index in [4.69, 9.17) is 40.7 Å². The van der Waals surface area contributed by atoms with Gasteiger partial charge < -0.3 is 11.5 Å². The van der Waals surface area contributed by atoms with Gasteiger partial charge in [-0.3, -0.25) is 29.2 Å². The van der Waals surface area contributed by atoms with Crippen molar-refractivity contribution < 1.29 is 0 Å². The van der Waals surface area contributed by atoms with Crippen molar-refractivity contribution in [3.63, 3.8) is 0 Å². The van der Waals surface area contributed by atoms with Crippen LogP contribution in [0.3, 0.4) is 0 Å². The molecular weight excluding hydrogens is 312 g/mol. The highest BCUT2D eigenvalue weighted by molar-refractivity contribution is 4.60. The van der Waals surface area contributed by atoms with Crippen molar-refractivity contribution in [2.24, 2.45) is 40.7 Å². The Hall–Kier alpha value is -0.480. The first-order valence-corrected chi connectivity index (χ1v) is 8.27. The van der Waals surface area contributed by atoms with Crippen LogP contribution in [0.25, 0.3) is 0 Å². The molecule has 0 aliphatic carbocycles. The predicted molar refractivity (Wildman–Crippen MR) is 96.9 cm³/mol. The van der Waals surface area contributed by atoms with Crippen molar-refractivity contribution in [2.75, 3.05) is 78.5 Å². The largest absolute Gasteiger partial charge is 0.329 e. The third-order valence-electron chi connectivity index (χ3n) is 3.53. The molecular formula is C12H38N12. The molecule has 12 heteroatoms. The second-order valence-corrected chi connectivity index (χ2v) is 5.76. The van der Waals surface area contributed by atoms with E-state index >= 15 is 0 Å². The summed E-state index contributed by atoms with van der Waals surface area (Å²) in [5.41, 5.74) is 10.9. The number of nitrogens with two attached hydrogens (primary N) is 7. The van der Waals surface area contributed by atoms with Crippen LogP contribution in [0, 0.1) is 0 Å². The summed E-state index contributed by atoms with van der Waals surface area (Å²) in [6.07, 6.45) is 0. The van der Waals surface area contributed by atoms with E-state index in [1.54, 1.807) is 25.0 Å². The van der Waals surface area contributed by atoms with Gasteiger partial charge in [-0.15, -0.1) is 0 Å². The summed E-state index contributed by atoms with van der Waals surface area (Å²) in [5, 5.41) is 8.38. The average Bonchev–Trinajstić information content (AvgIpc) is 2.54. The topological polar surface area (TPSA) is 198 Å². The van der Waals surface area contributed by atoms with Crippen LogP contribution in [0.5, 0.6) is 0 Å². The van der Waals surface area contributed by atoms with Crippen LogP contribution in [-0.4, -0.2) is 104 Å². The summed E-state index contributed by atoms with van der Waals surface area (Å²) >= 11 is 0. The van der Waals surface area contributed by atoms with E-state index in [0.29, 0.717) is 78.5 Å². The first-order chi connectivity index (χ1) is 11.4. The zero-order chi connectivity index (χ0) is 18.4. The van der Waals surface area contributed by atoms with E-state index in [1.165, 1.54) is 0 Å². The van der Waals surface area contributed by atoms with Crippen molar-refractivity contribution in [3.8, 4) is 0 Å². The normalized spacial score (nSPS) is 12.5. The first kappa shape index (κ1) is 23.5. The van der Waals surface area contributed by atoms with Crippen molar-refractivity contribution in [3.05, 3.63) is 0 Å². The fourth-order valence-electron chi connectivity index (χ4n) is 1.92. The third kappa shape index (κ3) is 13.9. The van der Waals surface area contributed by atoms with Gasteiger partial charge in [-0.2, -0.15) is 0 Å². The van der Waals surface area contributed by atoms with E-state index < -0.39 is 0 Å². The maximum atomic E-state index is 5.94. The quantitative estimate of drug-likeness (QED) is 0.103. The van der Waals surface area contributed by atoms with Crippen molar-refractivity contribution in [2.45, 2.75) is 0 Å². The van der Waals surface area contributed by atoms with Crippen molar-refractivity contribution in [1.29, 1.82) is 0 Å². The van der Waals surface area contributed by atoms with Gasteiger partial charge >= 0.3 is 0 Å².